The monoisotopic (exact) mass is 291 g/mol. The number of rotatable bonds is 6. The summed E-state index contributed by atoms with van der Waals surface area (Å²) >= 11 is 0. The first-order valence-corrected chi connectivity index (χ1v) is 7.72. The molecule has 1 saturated carbocycles. The molecule has 116 valence electrons. The number of hydrogen-bond acceptors (Lipinski definition) is 3. The second-order valence-corrected chi connectivity index (χ2v) is 6.08. The van der Waals surface area contributed by atoms with Gasteiger partial charge in [0.05, 0.1) is 5.56 Å². The first-order valence-electron chi connectivity index (χ1n) is 7.72. The van der Waals surface area contributed by atoms with E-state index >= 15 is 0 Å². The van der Waals surface area contributed by atoms with Crippen molar-refractivity contribution in [1.82, 2.24) is 4.90 Å². The second-order valence-electron chi connectivity index (χ2n) is 6.08. The zero-order valence-corrected chi connectivity index (χ0v) is 12.9. The summed E-state index contributed by atoms with van der Waals surface area (Å²) in [6, 6.07) is 7.32. The van der Waals surface area contributed by atoms with Crippen LogP contribution in [0.5, 0.6) is 5.75 Å². The Balaban J connectivity index is 1.76. The van der Waals surface area contributed by atoms with E-state index in [0.717, 1.165) is 12.5 Å². The number of carbonyl (C=O) groups is 1. The molecule has 0 aliphatic heterocycles. The van der Waals surface area contributed by atoms with Crippen LogP contribution >= 0.6 is 0 Å². The van der Waals surface area contributed by atoms with Crippen molar-refractivity contribution in [2.45, 2.75) is 38.6 Å². The van der Waals surface area contributed by atoms with Gasteiger partial charge >= 0.3 is 5.97 Å². The number of hydrogen-bond donors (Lipinski definition) is 1. The number of benzene rings is 1. The lowest BCUT2D eigenvalue weighted by atomic mass is 9.87. The molecule has 0 atom stereocenters. The van der Waals surface area contributed by atoms with Crippen LogP contribution in [0.15, 0.2) is 24.3 Å². The maximum atomic E-state index is 10.9. The Morgan fingerprint density at radius 1 is 1.33 bits per heavy atom. The molecule has 1 aliphatic rings. The summed E-state index contributed by atoms with van der Waals surface area (Å²) in [5.74, 6) is 0.569. The van der Waals surface area contributed by atoms with Gasteiger partial charge in [-0.15, -0.1) is 0 Å². The van der Waals surface area contributed by atoms with Gasteiger partial charge in [-0.25, -0.2) is 4.79 Å². The Labute approximate surface area is 126 Å². The summed E-state index contributed by atoms with van der Waals surface area (Å²) in [5.41, 5.74) is 0.266. The van der Waals surface area contributed by atoms with Gasteiger partial charge in [0.15, 0.2) is 0 Å². The lowest BCUT2D eigenvalue weighted by Crippen LogP contribution is -2.37. The molecule has 0 amide bonds. The fourth-order valence-electron chi connectivity index (χ4n) is 2.89. The summed E-state index contributed by atoms with van der Waals surface area (Å²) < 4.78 is 5.67. The van der Waals surface area contributed by atoms with E-state index in [-0.39, 0.29) is 5.56 Å². The van der Waals surface area contributed by atoms with Gasteiger partial charge in [-0.2, -0.15) is 0 Å². The summed E-state index contributed by atoms with van der Waals surface area (Å²) in [4.78, 5) is 13.3. The number of aromatic carboxylic acids is 1. The predicted molar refractivity (Wildman–Crippen MR) is 82.9 cm³/mol. The van der Waals surface area contributed by atoms with Crippen molar-refractivity contribution in [3.05, 3.63) is 29.8 Å². The minimum atomic E-state index is -0.922. The van der Waals surface area contributed by atoms with E-state index in [2.05, 4.69) is 18.9 Å². The van der Waals surface area contributed by atoms with Crippen LogP contribution < -0.4 is 4.74 Å². The van der Waals surface area contributed by atoms with Crippen LogP contribution in [0.25, 0.3) is 0 Å². The number of carboxylic acids is 1. The highest BCUT2D eigenvalue weighted by Crippen LogP contribution is 2.26. The van der Waals surface area contributed by atoms with Crippen molar-refractivity contribution in [1.29, 1.82) is 0 Å². The Kier molecular flexibility index (Phi) is 5.62. The third-order valence-corrected chi connectivity index (χ3v) is 4.40. The topological polar surface area (TPSA) is 49.8 Å². The molecule has 1 aliphatic carbocycles. The van der Waals surface area contributed by atoms with Crippen LogP contribution in [0.3, 0.4) is 0 Å². The summed E-state index contributed by atoms with van der Waals surface area (Å²) in [7, 11) is 2.15. The highest BCUT2D eigenvalue weighted by Gasteiger charge is 2.21. The van der Waals surface area contributed by atoms with Crippen LogP contribution in [0, 0.1) is 5.92 Å². The van der Waals surface area contributed by atoms with Crippen LogP contribution in [0.2, 0.25) is 0 Å². The molecule has 0 heterocycles. The van der Waals surface area contributed by atoms with E-state index in [1.807, 2.05) is 0 Å². The second kappa shape index (κ2) is 7.46. The summed E-state index contributed by atoms with van der Waals surface area (Å²) in [5, 5.41) is 8.95. The fourth-order valence-corrected chi connectivity index (χ4v) is 2.89. The van der Waals surface area contributed by atoms with Gasteiger partial charge in [-0.1, -0.05) is 13.0 Å². The molecule has 1 aromatic rings. The fraction of sp³-hybridized carbons (Fsp3) is 0.588. The third-order valence-electron chi connectivity index (χ3n) is 4.40. The SMILES string of the molecule is CC1CCC(N(C)CCOc2cccc(C(=O)O)c2)CC1. The van der Waals surface area contributed by atoms with Gasteiger partial charge in [0, 0.05) is 12.6 Å². The number of likely N-dealkylation sites (N-methyl/N-ethyl adjacent to an activating group) is 1. The van der Waals surface area contributed by atoms with Crippen molar-refractivity contribution in [2.75, 3.05) is 20.2 Å². The molecule has 1 fully saturated rings. The van der Waals surface area contributed by atoms with E-state index in [0.29, 0.717) is 18.4 Å². The molecule has 1 N–H and O–H groups in total. The van der Waals surface area contributed by atoms with Crippen molar-refractivity contribution in [3.63, 3.8) is 0 Å². The van der Waals surface area contributed by atoms with E-state index in [1.54, 1.807) is 24.3 Å². The van der Waals surface area contributed by atoms with Gasteiger partial charge in [-0.05, 0) is 56.8 Å². The molecule has 21 heavy (non-hydrogen) atoms. The molecule has 0 saturated heterocycles. The average Bonchev–Trinajstić information content (AvgIpc) is 2.48. The molecule has 0 spiro atoms. The molecular weight excluding hydrogens is 266 g/mol. The van der Waals surface area contributed by atoms with E-state index in [1.165, 1.54) is 25.7 Å². The smallest absolute Gasteiger partial charge is 0.335 e. The normalized spacial score (nSPS) is 22.2. The third kappa shape index (κ3) is 4.74. The lowest BCUT2D eigenvalue weighted by Gasteiger charge is -2.33. The Morgan fingerprint density at radius 2 is 2.05 bits per heavy atom. The van der Waals surface area contributed by atoms with Gasteiger partial charge in [0.1, 0.15) is 12.4 Å². The van der Waals surface area contributed by atoms with E-state index < -0.39 is 5.97 Å². The molecule has 0 radical (unpaired) electrons. The first kappa shape index (κ1) is 15.8. The Hall–Kier alpha value is -1.55. The van der Waals surface area contributed by atoms with Gasteiger partial charge in [-0.3, -0.25) is 0 Å². The highest BCUT2D eigenvalue weighted by molar-refractivity contribution is 5.87. The molecule has 1 aromatic carbocycles. The predicted octanol–water partition coefficient (Wildman–Crippen LogP) is 3.27. The van der Waals surface area contributed by atoms with Gasteiger partial charge in [0.25, 0.3) is 0 Å². The van der Waals surface area contributed by atoms with Gasteiger partial charge in [0.2, 0.25) is 0 Å². The zero-order chi connectivity index (χ0) is 15.2. The maximum absolute atomic E-state index is 10.9. The quantitative estimate of drug-likeness (QED) is 0.874. The number of ether oxygens (including phenoxy) is 1. The van der Waals surface area contributed by atoms with Crippen molar-refractivity contribution >= 4 is 5.97 Å². The minimum Gasteiger partial charge on any atom is -0.492 e. The average molecular weight is 291 g/mol. The maximum Gasteiger partial charge on any atom is 0.335 e. The molecule has 0 aromatic heterocycles. The number of carboxylic acid groups (broad SMARTS) is 1. The van der Waals surface area contributed by atoms with E-state index in [4.69, 9.17) is 9.84 Å². The van der Waals surface area contributed by atoms with Crippen LogP contribution in [0.1, 0.15) is 43.0 Å². The molecule has 0 bridgehead atoms. The van der Waals surface area contributed by atoms with Crippen molar-refractivity contribution < 1.29 is 14.6 Å². The van der Waals surface area contributed by atoms with Crippen molar-refractivity contribution in [2.24, 2.45) is 5.92 Å². The molecular formula is C17H25NO3. The first-order chi connectivity index (χ1) is 10.1. The minimum absolute atomic E-state index is 0.266. The largest absolute Gasteiger partial charge is 0.492 e. The number of nitrogens with zero attached hydrogens (tertiary/aromatic N) is 1. The lowest BCUT2D eigenvalue weighted by molar-refractivity contribution is 0.0696. The summed E-state index contributed by atoms with van der Waals surface area (Å²) in [6.07, 6.45) is 5.17. The molecule has 4 nitrogen and oxygen atoms in total. The molecule has 0 unspecified atom stereocenters. The van der Waals surface area contributed by atoms with Crippen LogP contribution in [-0.4, -0.2) is 42.2 Å². The van der Waals surface area contributed by atoms with Gasteiger partial charge < -0.3 is 14.7 Å². The van der Waals surface area contributed by atoms with Crippen LogP contribution in [0.4, 0.5) is 0 Å². The standard InChI is InChI=1S/C17H25NO3/c1-13-6-8-15(9-7-13)18(2)10-11-21-16-5-3-4-14(12-16)17(19)20/h3-5,12-13,15H,6-11H2,1-2H3,(H,19,20). The molecule has 4 heteroatoms. The van der Waals surface area contributed by atoms with E-state index in [9.17, 15) is 4.79 Å². The zero-order valence-electron chi connectivity index (χ0n) is 12.9. The summed E-state index contributed by atoms with van der Waals surface area (Å²) in [6.45, 7) is 3.79. The Morgan fingerprint density at radius 3 is 2.71 bits per heavy atom. The van der Waals surface area contributed by atoms with Crippen molar-refractivity contribution in [3.8, 4) is 5.75 Å². The van der Waals surface area contributed by atoms with Crippen LogP contribution in [-0.2, 0) is 0 Å². The highest BCUT2D eigenvalue weighted by atomic mass is 16.5. The Bertz CT molecular complexity index is 467. The molecule has 2 rings (SSSR count).